The molecule has 0 spiro atoms. The molecule has 2 aromatic rings. The molecule has 2 rings (SSSR count). The van der Waals surface area contributed by atoms with Crippen LogP contribution in [0.4, 0.5) is 0 Å². The third-order valence-electron chi connectivity index (χ3n) is 2.72. The van der Waals surface area contributed by atoms with Crippen LogP contribution in [0.25, 0.3) is 6.08 Å². The van der Waals surface area contributed by atoms with Gasteiger partial charge in [0.25, 0.3) is 0 Å². The summed E-state index contributed by atoms with van der Waals surface area (Å²) in [7, 11) is 0. The number of ketones is 1. The highest BCUT2D eigenvalue weighted by Crippen LogP contribution is 2.23. The minimum absolute atomic E-state index is 0.120. The highest BCUT2D eigenvalue weighted by Gasteiger charge is 2.07. The fourth-order valence-corrected chi connectivity index (χ4v) is 2.88. The van der Waals surface area contributed by atoms with Gasteiger partial charge in [0.05, 0.1) is 4.34 Å². The summed E-state index contributed by atoms with van der Waals surface area (Å²) >= 11 is 12.9. The average Bonchev–Trinajstić information content (AvgIpc) is 2.84. The number of carbonyl (C=O) groups excluding carboxylic acids is 1. The SMILES string of the molecule is O=C(/C=C/c1ccc(Cl)s1)c1ccc(O)c(CCCl)c1. The van der Waals surface area contributed by atoms with Crippen LogP contribution in [0, 0.1) is 0 Å². The standard InChI is InChI=1S/C15H12Cl2O2S/c16-8-7-11-9-10(1-4-13(11)18)14(19)5-2-12-3-6-15(17)20-12/h1-6,9,18H,7-8H2/b5-2+. The summed E-state index contributed by atoms with van der Waals surface area (Å²) in [6.45, 7) is 0. The number of alkyl halides is 1. The van der Waals surface area contributed by atoms with Gasteiger partial charge in [0, 0.05) is 16.3 Å². The molecule has 0 bridgehead atoms. The van der Waals surface area contributed by atoms with E-state index in [-0.39, 0.29) is 11.5 Å². The van der Waals surface area contributed by atoms with E-state index in [1.165, 1.54) is 23.5 Å². The number of halogens is 2. The predicted molar refractivity (Wildman–Crippen MR) is 85.2 cm³/mol. The Morgan fingerprint density at radius 2 is 2.10 bits per heavy atom. The van der Waals surface area contributed by atoms with E-state index in [4.69, 9.17) is 23.2 Å². The topological polar surface area (TPSA) is 37.3 Å². The first-order valence-corrected chi connectivity index (χ1v) is 7.68. The summed E-state index contributed by atoms with van der Waals surface area (Å²) in [5.41, 5.74) is 1.21. The van der Waals surface area contributed by atoms with Gasteiger partial charge in [-0.25, -0.2) is 0 Å². The zero-order chi connectivity index (χ0) is 14.5. The lowest BCUT2D eigenvalue weighted by Gasteiger charge is -2.04. The first-order chi connectivity index (χ1) is 9.60. The quantitative estimate of drug-likeness (QED) is 0.487. The minimum atomic E-state index is -0.120. The summed E-state index contributed by atoms with van der Waals surface area (Å²) < 4.78 is 0.686. The smallest absolute Gasteiger partial charge is 0.185 e. The van der Waals surface area contributed by atoms with Crippen molar-refractivity contribution in [3.8, 4) is 5.75 Å². The van der Waals surface area contributed by atoms with E-state index in [0.717, 1.165) is 4.88 Å². The second-order valence-electron chi connectivity index (χ2n) is 4.12. The molecule has 1 heterocycles. The van der Waals surface area contributed by atoms with E-state index in [1.54, 1.807) is 24.3 Å². The second kappa shape index (κ2) is 6.93. The van der Waals surface area contributed by atoms with Crippen LogP contribution in [-0.4, -0.2) is 16.8 Å². The highest BCUT2D eigenvalue weighted by molar-refractivity contribution is 7.17. The third kappa shape index (κ3) is 3.85. The van der Waals surface area contributed by atoms with Gasteiger partial charge in [0.2, 0.25) is 0 Å². The number of phenols is 1. The molecular formula is C15H12Cl2O2S. The van der Waals surface area contributed by atoms with Crippen molar-refractivity contribution >= 4 is 46.4 Å². The summed E-state index contributed by atoms with van der Waals surface area (Å²) in [6.07, 6.45) is 3.75. The molecule has 0 saturated carbocycles. The molecule has 5 heteroatoms. The van der Waals surface area contributed by atoms with Gasteiger partial charge in [-0.3, -0.25) is 4.79 Å². The lowest BCUT2D eigenvalue weighted by atomic mass is 10.0. The maximum absolute atomic E-state index is 12.1. The van der Waals surface area contributed by atoms with Crippen molar-refractivity contribution in [3.05, 3.63) is 56.7 Å². The van der Waals surface area contributed by atoms with E-state index in [1.807, 2.05) is 6.07 Å². The fourth-order valence-electron chi connectivity index (χ4n) is 1.71. The largest absolute Gasteiger partial charge is 0.508 e. The summed E-state index contributed by atoms with van der Waals surface area (Å²) in [6, 6.07) is 8.43. The van der Waals surface area contributed by atoms with Gasteiger partial charge in [-0.1, -0.05) is 11.6 Å². The number of aryl methyl sites for hydroxylation is 1. The Morgan fingerprint density at radius 1 is 1.30 bits per heavy atom. The lowest BCUT2D eigenvalue weighted by Crippen LogP contribution is -1.97. The molecule has 0 aliphatic heterocycles. The summed E-state index contributed by atoms with van der Waals surface area (Å²) in [5.74, 6) is 0.441. The maximum Gasteiger partial charge on any atom is 0.185 e. The Hall–Kier alpha value is -1.29. The Labute approximate surface area is 131 Å². The number of allylic oxidation sites excluding steroid dienone is 1. The van der Waals surface area contributed by atoms with Crippen LogP contribution in [0.15, 0.2) is 36.4 Å². The second-order valence-corrected chi connectivity index (χ2v) is 6.25. The van der Waals surface area contributed by atoms with Crippen LogP contribution in [0.3, 0.4) is 0 Å². The normalized spacial score (nSPS) is 11.1. The highest BCUT2D eigenvalue weighted by atomic mass is 35.5. The number of aromatic hydroxyl groups is 1. The van der Waals surface area contributed by atoms with E-state index in [9.17, 15) is 9.90 Å². The van der Waals surface area contributed by atoms with Gasteiger partial charge >= 0.3 is 0 Å². The van der Waals surface area contributed by atoms with Crippen molar-refractivity contribution in [1.82, 2.24) is 0 Å². The number of carbonyl (C=O) groups is 1. The molecule has 1 N–H and O–H groups in total. The van der Waals surface area contributed by atoms with Gasteiger partial charge < -0.3 is 5.11 Å². The molecule has 1 aromatic heterocycles. The van der Waals surface area contributed by atoms with Crippen LogP contribution in [0.2, 0.25) is 4.34 Å². The van der Waals surface area contributed by atoms with Crippen LogP contribution in [0.5, 0.6) is 5.75 Å². The minimum Gasteiger partial charge on any atom is -0.508 e. The monoisotopic (exact) mass is 326 g/mol. The Kier molecular flexibility index (Phi) is 5.24. The molecule has 2 nitrogen and oxygen atoms in total. The van der Waals surface area contributed by atoms with E-state index >= 15 is 0 Å². The number of rotatable bonds is 5. The molecule has 0 aliphatic rings. The number of benzene rings is 1. The molecule has 20 heavy (non-hydrogen) atoms. The van der Waals surface area contributed by atoms with Crippen LogP contribution in [-0.2, 0) is 6.42 Å². The average molecular weight is 327 g/mol. The molecular weight excluding hydrogens is 315 g/mol. The number of thiophene rings is 1. The first-order valence-electron chi connectivity index (χ1n) is 5.96. The lowest BCUT2D eigenvalue weighted by molar-refractivity contribution is 0.104. The molecule has 0 saturated heterocycles. The third-order valence-corrected chi connectivity index (χ3v) is 4.11. The van der Waals surface area contributed by atoms with Crippen LogP contribution < -0.4 is 0 Å². The number of hydrogen-bond acceptors (Lipinski definition) is 3. The zero-order valence-corrected chi connectivity index (χ0v) is 12.8. The van der Waals surface area contributed by atoms with Gasteiger partial charge in [-0.05, 0) is 54.5 Å². The van der Waals surface area contributed by atoms with Gasteiger partial charge in [0.1, 0.15) is 5.75 Å². The van der Waals surface area contributed by atoms with Crippen LogP contribution >= 0.6 is 34.5 Å². The molecule has 0 unspecified atom stereocenters. The molecule has 0 atom stereocenters. The predicted octanol–water partition coefficient (Wildman–Crippen LogP) is 4.78. The molecule has 1 aromatic carbocycles. The van der Waals surface area contributed by atoms with Crippen molar-refractivity contribution in [1.29, 1.82) is 0 Å². The number of phenolic OH excluding ortho intramolecular Hbond substituents is 1. The fraction of sp³-hybridized carbons (Fsp3) is 0.133. The van der Waals surface area contributed by atoms with E-state index < -0.39 is 0 Å². The summed E-state index contributed by atoms with van der Waals surface area (Å²) in [4.78, 5) is 13.0. The maximum atomic E-state index is 12.1. The molecule has 0 fully saturated rings. The van der Waals surface area contributed by atoms with Crippen LogP contribution in [0.1, 0.15) is 20.8 Å². The first kappa shape index (κ1) is 15.1. The Bertz CT molecular complexity index is 647. The van der Waals surface area contributed by atoms with Gasteiger partial charge in [-0.2, -0.15) is 0 Å². The van der Waals surface area contributed by atoms with Gasteiger partial charge in [0.15, 0.2) is 5.78 Å². The van der Waals surface area contributed by atoms with Crippen molar-refractivity contribution < 1.29 is 9.90 Å². The van der Waals surface area contributed by atoms with E-state index in [0.29, 0.717) is 27.8 Å². The van der Waals surface area contributed by atoms with Crippen molar-refractivity contribution in [2.45, 2.75) is 6.42 Å². The Morgan fingerprint density at radius 3 is 2.75 bits per heavy atom. The van der Waals surface area contributed by atoms with Crippen molar-refractivity contribution in [3.63, 3.8) is 0 Å². The number of hydrogen-bond donors (Lipinski definition) is 1. The molecule has 0 aliphatic carbocycles. The molecule has 104 valence electrons. The Balaban J connectivity index is 2.16. The van der Waals surface area contributed by atoms with Gasteiger partial charge in [-0.15, -0.1) is 22.9 Å². The van der Waals surface area contributed by atoms with Crippen molar-refractivity contribution in [2.24, 2.45) is 0 Å². The summed E-state index contributed by atoms with van der Waals surface area (Å²) in [5, 5.41) is 9.66. The van der Waals surface area contributed by atoms with E-state index in [2.05, 4.69) is 0 Å². The molecule has 0 amide bonds. The zero-order valence-electron chi connectivity index (χ0n) is 10.5. The van der Waals surface area contributed by atoms with Crippen molar-refractivity contribution in [2.75, 3.05) is 5.88 Å². The molecule has 0 radical (unpaired) electrons.